The zero-order valence-corrected chi connectivity index (χ0v) is 16.2. The van der Waals surface area contributed by atoms with Crippen LogP contribution in [0.3, 0.4) is 0 Å². The number of hydrogen-bond donors (Lipinski definition) is 1. The predicted molar refractivity (Wildman–Crippen MR) is 119 cm³/mol. The van der Waals surface area contributed by atoms with Gasteiger partial charge in [-0.2, -0.15) is 9.61 Å². The Labute approximate surface area is 173 Å². The highest BCUT2D eigenvalue weighted by Gasteiger charge is 2.20. The molecule has 0 aliphatic heterocycles. The van der Waals surface area contributed by atoms with Gasteiger partial charge < -0.3 is 5.73 Å². The van der Waals surface area contributed by atoms with Crippen molar-refractivity contribution >= 4 is 23.1 Å². The van der Waals surface area contributed by atoms with Crippen LogP contribution >= 0.6 is 11.6 Å². The number of benzene rings is 3. The average Bonchev–Trinajstić information content (AvgIpc) is 3.16. The molecule has 4 nitrogen and oxygen atoms in total. The summed E-state index contributed by atoms with van der Waals surface area (Å²) in [5.74, 6) is 0.554. The minimum Gasteiger partial charge on any atom is -0.383 e. The second kappa shape index (κ2) is 7.08. The molecule has 0 saturated heterocycles. The van der Waals surface area contributed by atoms with Gasteiger partial charge in [-0.3, -0.25) is 0 Å². The van der Waals surface area contributed by atoms with Crippen LogP contribution in [0, 0.1) is 0 Å². The van der Waals surface area contributed by atoms with E-state index in [-0.39, 0.29) is 0 Å². The third-order valence-electron chi connectivity index (χ3n) is 4.95. The van der Waals surface area contributed by atoms with Crippen LogP contribution in [-0.4, -0.2) is 14.6 Å². The lowest BCUT2D eigenvalue weighted by Crippen LogP contribution is -2.02. The second-order valence-corrected chi connectivity index (χ2v) is 7.19. The quantitative estimate of drug-likeness (QED) is 0.409. The summed E-state index contributed by atoms with van der Waals surface area (Å²) in [6, 6.07) is 27.7. The number of fused-ring (bicyclic) bond motifs is 1. The van der Waals surface area contributed by atoms with Crippen molar-refractivity contribution in [2.45, 2.75) is 0 Å². The average molecular weight is 397 g/mol. The Morgan fingerprint density at radius 3 is 2.00 bits per heavy atom. The fourth-order valence-corrected chi connectivity index (χ4v) is 3.65. The van der Waals surface area contributed by atoms with Gasteiger partial charge in [-0.25, -0.2) is 4.98 Å². The third-order valence-corrected chi connectivity index (χ3v) is 5.20. The molecular formula is C24H17ClN4. The number of hydrogen-bond acceptors (Lipinski definition) is 3. The van der Waals surface area contributed by atoms with E-state index >= 15 is 0 Å². The molecule has 0 amide bonds. The number of nitrogen functional groups attached to an aromatic ring is 1. The molecule has 0 atom stereocenters. The number of rotatable bonds is 3. The van der Waals surface area contributed by atoms with Crippen molar-refractivity contribution in [3.05, 3.63) is 96.1 Å². The minimum atomic E-state index is 0.554. The molecule has 2 aromatic heterocycles. The molecule has 140 valence electrons. The van der Waals surface area contributed by atoms with Crippen LogP contribution in [0.5, 0.6) is 0 Å². The molecule has 0 spiro atoms. The maximum atomic E-state index is 6.55. The number of anilines is 1. The van der Waals surface area contributed by atoms with Gasteiger partial charge in [-0.1, -0.05) is 84.4 Å². The zero-order chi connectivity index (χ0) is 19.8. The lowest BCUT2D eigenvalue weighted by Gasteiger charge is -2.07. The summed E-state index contributed by atoms with van der Waals surface area (Å²) in [6.45, 7) is 0. The van der Waals surface area contributed by atoms with Crippen molar-refractivity contribution < 1.29 is 0 Å². The topological polar surface area (TPSA) is 56.2 Å². The SMILES string of the molecule is Nc1c(-c2ccccc2)cnc2c(-c3ccc(Cl)cc3)c(-c3ccccc3)nn12. The van der Waals surface area contributed by atoms with E-state index in [0.29, 0.717) is 16.5 Å². The lowest BCUT2D eigenvalue weighted by atomic mass is 10.0. The van der Waals surface area contributed by atoms with Crippen molar-refractivity contribution in [2.75, 3.05) is 5.73 Å². The molecule has 2 heterocycles. The molecule has 0 aliphatic carbocycles. The first-order valence-electron chi connectivity index (χ1n) is 9.26. The van der Waals surface area contributed by atoms with E-state index in [9.17, 15) is 0 Å². The first-order chi connectivity index (χ1) is 14.2. The highest BCUT2D eigenvalue weighted by Crippen LogP contribution is 2.37. The summed E-state index contributed by atoms with van der Waals surface area (Å²) in [5.41, 5.74) is 12.9. The molecule has 0 fully saturated rings. The maximum absolute atomic E-state index is 6.55. The van der Waals surface area contributed by atoms with Gasteiger partial charge in [0.25, 0.3) is 0 Å². The molecule has 0 bridgehead atoms. The standard InChI is InChI=1S/C24H17ClN4/c25-19-13-11-17(12-14-19)21-22(18-9-5-2-6-10-18)28-29-23(26)20(15-27-24(21)29)16-7-3-1-4-8-16/h1-15H,26H2. The van der Waals surface area contributed by atoms with Crippen LogP contribution in [0.25, 0.3) is 39.2 Å². The normalized spacial score (nSPS) is 11.1. The van der Waals surface area contributed by atoms with Crippen LogP contribution < -0.4 is 5.73 Å². The molecule has 0 aliphatic rings. The fraction of sp³-hybridized carbons (Fsp3) is 0. The van der Waals surface area contributed by atoms with Gasteiger partial charge in [0.1, 0.15) is 11.5 Å². The van der Waals surface area contributed by atoms with E-state index in [1.807, 2.05) is 91.1 Å². The Kier molecular flexibility index (Phi) is 4.26. The van der Waals surface area contributed by atoms with E-state index in [1.165, 1.54) is 0 Å². The Morgan fingerprint density at radius 1 is 0.724 bits per heavy atom. The summed E-state index contributed by atoms with van der Waals surface area (Å²) in [6.07, 6.45) is 1.82. The van der Waals surface area contributed by atoms with Crippen LogP contribution in [0.2, 0.25) is 5.02 Å². The predicted octanol–water partition coefficient (Wildman–Crippen LogP) is 5.97. The molecule has 5 heteroatoms. The Balaban J connectivity index is 1.81. The lowest BCUT2D eigenvalue weighted by molar-refractivity contribution is 0.958. The smallest absolute Gasteiger partial charge is 0.165 e. The van der Waals surface area contributed by atoms with Crippen LogP contribution in [0.1, 0.15) is 0 Å². The first-order valence-corrected chi connectivity index (χ1v) is 9.64. The largest absolute Gasteiger partial charge is 0.383 e. The van der Waals surface area contributed by atoms with E-state index in [4.69, 9.17) is 27.4 Å². The fourth-order valence-electron chi connectivity index (χ4n) is 3.52. The number of nitrogens with two attached hydrogens (primary N) is 1. The van der Waals surface area contributed by atoms with E-state index < -0.39 is 0 Å². The van der Waals surface area contributed by atoms with Crippen molar-refractivity contribution in [3.8, 4) is 33.5 Å². The van der Waals surface area contributed by atoms with Gasteiger partial charge in [0.2, 0.25) is 0 Å². The van der Waals surface area contributed by atoms with Crippen molar-refractivity contribution in [1.82, 2.24) is 14.6 Å². The van der Waals surface area contributed by atoms with Gasteiger partial charge in [-0.05, 0) is 23.3 Å². The Bertz CT molecular complexity index is 1290. The van der Waals surface area contributed by atoms with Gasteiger partial charge in [0, 0.05) is 22.3 Å². The minimum absolute atomic E-state index is 0.554. The molecule has 5 aromatic rings. The number of aromatic nitrogens is 3. The molecule has 0 saturated carbocycles. The summed E-state index contributed by atoms with van der Waals surface area (Å²) in [7, 11) is 0. The van der Waals surface area contributed by atoms with Crippen molar-refractivity contribution in [2.24, 2.45) is 0 Å². The molecule has 3 aromatic carbocycles. The third kappa shape index (κ3) is 3.04. The molecule has 29 heavy (non-hydrogen) atoms. The Hall–Kier alpha value is -3.63. The summed E-state index contributed by atoms with van der Waals surface area (Å²) >= 11 is 6.11. The monoisotopic (exact) mass is 396 g/mol. The van der Waals surface area contributed by atoms with E-state index in [0.717, 1.165) is 33.5 Å². The summed E-state index contributed by atoms with van der Waals surface area (Å²) in [5, 5.41) is 5.55. The maximum Gasteiger partial charge on any atom is 0.165 e. The van der Waals surface area contributed by atoms with E-state index in [1.54, 1.807) is 4.52 Å². The first kappa shape index (κ1) is 17.5. The van der Waals surface area contributed by atoms with Gasteiger partial charge in [0.05, 0.1) is 5.56 Å². The van der Waals surface area contributed by atoms with Crippen molar-refractivity contribution in [1.29, 1.82) is 0 Å². The summed E-state index contributed by atoms with van der Waals surface area (Å²) in [4.78, 5) is 4.75. The van der Waals surface area contributed by atoms with Crippen LogP contribution in [0.4, 0.5) is 5.82 Å². The zero-order valence-electron chi connectivity index (χ0n) is 15.5. The molecule has 5 rings (SSSR count). The van der Waals surface area contributed by atoms with Gasteiger partial charge in [0.15, 0.2) is 5.65 Å². The molecule has 0 radical (unpaired) electrons. The Morgan fingerprint density at radius 2 is 1.34 bits per heavy atom. The summed E-state index contributed by atoms with van der Waals surface area (Å²) < 4.78 is 1.73. The number of halogens is 1. The van der Waals surface area contributed by atoms with Crippen LogP contribution in [0.15, 0.2) is 91.1 Å². The van der Waals surface area contributed by atoms with Crippen LogP contribution in [-0.2, 0) is 0 Å². The van der Waals surface area contributed by atoms with Gasteiger partial charge in [-0.15, -0.1) is 0 Å². The molecule has 2 N–H and O–H groups in total. The number of nitrogens with zero attached hydrogens (tertiary/aromatic N) is 3. The highest BCUT2D eigenvalue weighted by molar-refractivity contribution is 6.30. The molecule has 0 unspecified atom stereocenters. The van der Waals surface area contributed by atoms with Gasteiger partial charge >= 0.3 is 0 Å². The van der Waals surface area contributed by atoms with E-state index in [2.05, 4.69) is 0 Å². The second-order valence-electron chi connectivity index (χ2n) is 6.76. The highest BCUT2D eigenvalue weighted by atomic mass is 35.5. The van der Waals surface area contributed by atoms with Crippen molar-refractivity contribution in [3.63, 3.8) is 0 Å². The molecular weight excluding hydrogens is 380 g/mol.